The van der Waals surface area contributed by atoms with Crippen LogP contribution in [-0.2, 0) is 27.0 Å². The topological polar surface area (TPSA) is 46.6 Å². The van der Waals surface area contributed by atoms with Gasteiger partial charge in [-0.05, 0) is 37.1 Å². The summed E-state index contributed by atoms with van der Waals surface area (Å²) in [7, 11) is 0. The average molecular weight is 386 g/mol. The van der Waals surface area contributed by atoms with Gasteiger partial charge in [-0.2, -0.15) is 13.2 Å². The molecular weight excluding hydrogens is 371 g/mol. The Hall–Kier alpha value is -2.28. The Bertz CT molecular complexity index is 829. The zero-order valence-electron chi connectivity index (χ0n) is 13.8. The first kappa shape index (κ1) is 18.5. The molecule has 1 heterocycles. The largest absolute Gasteiger partial charge is 0.493 e. The molecule has 1 atom stereocenters. The molecule has 0 saturated carbocycles. The van der Waals surface area contributed by atoms with Gasteiger partial charge in [0.15, 0.2) is 0 Å². The maximum Gasteiger partial charge on any atom is 0.417 e. The molecule has 2 amide bonds. The number of allylic oxidation sites excluding steroid dienone is 2. The molecule has 3 rings (SSSR count). The van der Waals surface area contributed by atoms with Gasteiger partial charge in [0.05, 0.1) is 35.2 Å². The fourth-order valence-corrected chi connectivity index (χ4v) is 3.33. The quantitative estimate of drug-likeness (QED) is 0.733. The van der Waals surface area contributed by atoms with Crippen molar-refractivity contribution in [3.8, 4) is 0 Å². The first-order valence-corrected chi connectivity index (χ1v) is 8.36. The lowest BCUT2D eigenvalue weighted by molar-refractivity contribution is -0.139. The van der Waals surface area contributed by atoms with Gasteiger partial charge < -0.3 is 4.74 Å². The molecule has 26 heavy (non-hydrogen) atoms. The van der Waals surface area contributed by atoms with Crippen molar-refractivity contribution in [2.45, 2.75) is 26.1 Å². The van der Waals surface area contributed by atoms with Crippen LogP contribution in [0.15, 0.2) is 41.7 Å². The molecule has 2 aliphatic rings. The number of hydrogen-bond acceptors (Lipinski definition) is 3. The maximum atomic E-state index is 13.0. The smallest absolute Gasteiger partial charge is 0.417 e. The van der Waals surface area contributed by atoms with Crippen LogP contribution in [-0.4, -0.2) is 23.3 Å². The number of benzene rings is 1. The van der Waals surface area contributed by atoms with Crippen LogP contribution in [0.2, 0.25) is 5.02 Å². The van der Waals surface area contributed by atoms with E-state index in [1.165, 1.54) is 6.07 Å². The second-order valence-corrected chi connectivity index (χ2v) is 6.35. The van der Waals surface area contributed by atoms with E-state index in [9.17, 15) is 22.8 Å². The standard InChI is InChI=1S/C18H15ClF3NO3/c1-2-26-14-5-3-4-11-15(14)17(25)23(16(11)24)9-10-6-7-13(19)12(8-10)18(20,21)22/h3,5-8,11H,2,4,9H2,1H3. The second-order valence-electron chi connectivity index (χ2n) is 5.94. The molecule has 1 unspecified atom stereocenters. The van der Waals surface area contributed by atoms with E-state index in [4.69, 9.17) is 16.3 Å². The number of ether oxygens (including phenoxy) is 1. The Morgan fingerprint density at radius 3 is 2.69 bits per heavy atom. The second kappa shape index (κ2) is 6.79. The van der Waals surface area contributed by atoms with Gasteiger partial charge in [-0.15, -0.1) is 0 Å². The summed E-state index contributed by atoms with van der Waals surface area (Å²) < 4.78 is 44.4. The van der Waals surface area contributed by atoms with Crippen LogP contribution in [0, 0.1) is 5.92 Å². The van der Waals surface area contributed by atoms with Crippen LogP contribution >= 0.6 is 11.6 Å². The van der Waals surface area contributed by atoms with E-state index in [0.29, 0.717) is 18.8 Å². The number of hydrogen-bond donors (Lipinski definition) is 0. The van der Waals surface area contributed by atoms with Gasteiger partial charge in [-0.1, -0.05) is 23.7 Å². The number of amides is 2. The average Bonchev–Trinajstić information content (AvgIpc) is 2.81. The van der Waals surface area contributed by atoms with E-state index in [-0.39, 0.29) is 17.7 Å². The van der Waals surface area contributed by atoms with Gasteiger partial charge in [0.25, 0.3) is 5.91 Å². The molecule has 138 valence electrons. The third-order valence-electron chi connectivity index (χ3n) is 4.27. The minimum absolute atomic E-state index is 0.175. The predicted octanol–water partition coefficient (Wildman–Crippen LogP) is 4.09. The van der Waals surface area contributed by atoms with Crippen molar-refractivity contribution >= 4 is 23.4 Å². The Kier molecular flexibility index (Phi) is 4.84. The summed E-state index contributed by atoms with van der Waals surface area (Å²) in [6, 6.07) is 3.35. The molecular formula is C18H15ClF3NO3. The van der Waals surface area contributed by atoms with Gasteiger partial charge in [-0.3, -0.25) is 14.5 Å². The lowest BCUT2D eigenvalue weighted by atomic mass is 9.93. The molecule has 8 heteroatoms. The Morgan fingerprint density at radius 2 is 2.04 bits per heavy atom. The predicted molar refractivity (Wildman–Crippen MR) is 87.9 cm³/mol. The van der Waals surface area contributed by atoms with E-state index in [1.54, 1.807) is 19.1 Å². The van der Waals surface area contributed by atoms with E-state index in [2.05, 4.69) is 0 Å². The van der Waals surface area contributed by atoms with Crippen LogP contribution in [0.1, 0.15) is 24.5 Å². The molecule has 0 spiro atoms. The summed E-state index contributed by atoms with van der Waals surface area (Å²) in [4.78, 5) is 26.2. The molecule has 0 radical (unpaired) electrons. The number of alkyl halides is 3. The van der Waals surface area contributed by atoms with Gasteiger partial charge in [0, 0.05) is 0 Å². The summed E-state index contributed by atoms with van der Waals surface area (Å²) in [5, 5.41) is -0.431. The van der Waals surface area contributed by atoms with Gasteiger partial charge in [0.2, 0.25) is 5.91 Å². The van der Waals surface area contributed by atoms with Gasteiger partial charge in [-0.25, -0.2) is 0 Å². The number of nitrogens with zero attached hydrogens (tertiary/aromatic N) is 1. The van der Waals surface area contributed by atoms with E-state index in [0.717, 1.165) is 17.0 Å². The summed E-state index contributed by atoms with van der Waals surface area (Å²) in [5.74, 6) is -1.27. The number of carbonyl (C=O) groups is 2. The van der Waals surface area contributed by atoms with Gasteiger partial charge in [0.1, 0.15) is 5.76 Å². The molecule has 1 saturated heterocycles. The number of carbonyl (C=O) groups excluding carboxylic acids is 2. The molecule has 1 aromatic carbocycles. The monoisotopic (exact) mass is 385 g/mol. The van der Waals surface area contributed by atoms with Crippen molar-refractivity contribution in [3.63, 3.8) is 0 Å². The SMILES string of the molecule is CCOC1=C2C(=O)N(Cc3ccc(Cl)c(C(F)(F)F)c3)C(=O)C2CC=C1. The minimum atomic E-state index is -4.62. The Balaban J connectivity index is 1.91. The van der Waals surface area contributed by atoms with E-state index < -0.39 is 34.5 Å². The van der Waals surface area contributed by atoms with E-state index >= 15 is 0 Å². The maximum absolute atomic E-state index is 13.0. The highest BCUT2D eigenvalue weighted by Crippen LogP contribution is 2.38. The summed E-state index contributed by atoms with van der Waals surface area (Å²) >= 11 is 5.61. The van der Waals surface area contributed by atoms with Crippen molar-refractivity contribution in [2.24, 2.45) is 5.92 Å². The Labute approximate surface area is 152 Å². The highest BCUT2D eigenvalue weighted by Gasteiger charge is 2.46. The van der Waals surface area contributed by atoms with E-state index in [1.807, 2.05) is 0 Å². The molecule has 0 aromatic heterocycles. The number of likely N-dealkylation sites (tertiary alicyclic amines) is 1. The molecule has 0 N–H and O–H groups in total. The molecule has 1 aromatic rings. The van der Waals surface area contributed by atoms with Crippen molar-refractivity contribution < 1.29 is 27.5 Å². The normalized spacial score (nSPS) is 20.0. The van der Waals surface area contributed by atoms with Crippen LogP contribution in [0.5, 0.6) is 0 Å². The van der Waals surface area contributed by atoms with Crippen LogP contribution in [0.25, 0.3) is 0 Å². The third kappa shape index (κ3) is 3.23. The zero-order valence-corrected chi connectivity index (χ0v) is 14.5. The van der Waals surface area contributed by atoms with Gasteiger partial charge >= 0.3 is 6.18 Å². The fraction of sp³-hybridized carbons (Fsp3) is 0.333. The Morgan fingerprint density at radius 1 is 1.31 bits per heavy atom. The van der Waals surface area contributed by atoms with Crippen LogP contribution in [0.3, 0.4) is 0 Å². The molecule has 1 aliphatic heterocycles. The molecule has 1 aliphatic carbocycles. The van der Waals surface area contributed by atoms with Crippen molar-refractivity contribution in [3.05, 3.63) is 57.8 Å². The summed E-state index contributed by atoms with van der Waals surface area (Å²) in [5.41, 5.74) is -0.554. The highest BCUT2D eigenvalue weighted by molar-refractivity contribution is 6.31. The molecule has 0 bridgehead atoms. The number of imide groups is 1. The van der Waals surface area contributed by atoms with Crippen LogP contribution < -0.4 is 0 Å². The fourth-order valence-electron chi connectivity index (χ4n) is 3.10. The zero-order chi connectivity index (χ0) is 19.1. The van der Waals surface area contributed by atoms with Crippen LogP contribution in [0.4, 0.5) is 13.2 Å². The van der Waals surface area contributed by atoms with Crippen molar-refractivity contribution in [1.29, 1.82) is 0 Å². The number of rotatable bonds is 4. The highest BCUT2D eigenvalue weighted by atomic mass is 35.5. The summed E-state index contributed by atoms with van der Waals surface area (Å²) in [6.07, 6.45) is -0.859. The summed E-state index contributed by atoms with van der Waals surface area (Å²) in [6.45, 7) is 1.84. The molecule has 1 fully saturated rings. The number of fused-ring (bicyclic) bond motifs is 1. The van der Waals surface area contributed by atoms with Crippen molar-refractivity contribution in [1.82, 2.24) is 4.90 Å². The minimum Gasteiger partial charge on any atom is -0.493 e. The number of halogens is 4. The lowest BCUT2D eigenvalue weighted by Gasteiger charge is -2.16. The molecule has 4 nitrogen and oxygen atoms in total. The first-order chi connectivity index (χ1) is 12.2. The first-order valence-electron chi connectivity index (χ1n) is 7.98. The third-order valence-corrected chi connectivity index (χ3v) is 4.60. The lowest BCUT2D eigenvalue weighted by Crippen LogP contribution is -2.30. The van der Waals surface area contributed by atoms with Crippen molar-refractivity contribution in [2.75, 3.05) is 6.61 Å².